The van der Waals surface area contributed by atoms with Crippen molar-refractivity contribution < 1.29 is 24.2 Å². The van der Waals surface area contributed by atoms with E-state index in [1.54, 1.807) is 55.8 Å². The predicted molar refractivity (Wildman–Crippen MR) is 134 cm³/mol. The lowest BCUT2D eigenvalue weighted by molar-refractivity contribution is -0.132. The molecule has 3 aromatic rings. The zero-order valence-corrected chi connectivity index (χ0v) is 20.4. The number of aliphatic hydroxyl groups excluding tert-OH is 1. The molecule has 4 rings (SSSR count). The average Bonchev–Trinajstić information content (AvgIpc) is 3.14. The zero-order valence-electron chi connectivity index (χ0n) is 20.4. The van der Waals surface area contributed by atoms with Crippen LogP contribution in [0.4, 0.5) is 5.69 Å². The molecule has 1 amide bonds. The molecule has 1 aliphatic rings. The zero-order chi connectivity index (χ0) is 25.3. The summed E-state index contributed by atoms with van der Waals surface area (Å²) in [7, 11) is 3.13. The van der Waals surface area contributed by atoms with Gasteiger partial charge < -0.3 is 14.6 Å². The number of hydrogen-bond acceptors (Lipinski definition) is 6. The largest absolute Gasteiger partial charge is 0.507 e. The smallest absolute Gasteiger partial charge is 0.300 e. The van der Waals surface area contributed by atoms with Crippen LogP contribution in [0.25, 0.3) is 5.76 Å². The Bertz CT molecular complexity index is 1310. The number of aliphatic hydroxyl groups is 1. The van der Waals surface area contributed by atoms with E-state index < -0.39 is 17.7 Å². The normalized spacial score (nSPS) is 17.2. The van der Waals surface area contributed by atoms with Crippen LogP contribution in [0.2, 0.25) is 0 Å². The van der Waals surface area contributed by atoms with Gasteiger partial charge in [-0.05, 0) is 60.4 Å². The molecule has 2 aromatic carbocycles. The molecule has 2 heterocycles. The van der Waals surface area contributed by atoms with Gasteiger partial charge in [-0.25, -0.2) is 0 Å². The van der Waals surface area contributed by atoms with E-state index in [1.165, 1.54) is 12.0 Å². The maximum absolute atomic E-state index is 13.4. The first-order valence-electron chi connectivity index (χ1n) is 11.3. The van der Waals surface area contributed by atoms with E-state index in [0.717, 1.165) is 11.1 Å². The first kappa shape index (κ1) is 24.0. The van der Waals surface area contributed by atoms with E-state index in [1.807, 2.05) is 32.9 Å². The van der Waals surface area contributed by atoms with Crippen LogP contribution in [0.3, 0.4) is 0 Å². The Morgan fingerprint density at radius 2 is 1.80 bits per heavy atom. The molecule has 1 saturated heterocycles. The highest BCUT2D eigenvalue weighted by Gasteiger charge is 2.47. The summed E-state index contributed by atoms with van der Waals surface area (Å²) in [5, 5.41) is 11.5. The number of Topliss-reactive ketones (excluding diaryl/α,β-unsaturated/α-hetero) is 1. The summed E-state index contributed by atoms with van der Waals surface area (Å²) < 4.78 is 10.8. The summed E-state index contributed by atoms with van der Waals surface area (Å²) in [6, 6.07) is 14.9. The third-order valence-electron chi connectivity index (χ3n) is 6.20. The van der Waals surface area contributed by atoms with E-state index in [0.29, 0.717) is 28.4 Å². The molecule has 1 atom stereocenters. The Morgan fingerprint density at radius 3 is 2.43 bits per heavy atom. The first-order chi connectivity index (χ1) is 16.8. The molecule has 7 nitrogen and oxygen atoms in total. The number of ketones is 1. The molecule has 0 spiro atoms. The lowest BCUT2D eigenvalue weighted by Gasteiger charge is -2.25. The SMILES string of the molecule is COc1cccc(N2C(=O)C(=O)/C(=C(/O)c3cc(C(C)C)c(OC)cc3C)C2c2ccccn2)c1. The third kappa shape index (κ3) is 4.25. The summed E-state index contributed by atoms with van der Waals surface area (Å²) in [4.78, 5) is 32.5. The van der Waals surface area contributed by atoms with Crippen molar-refractivity contribution >= 4 is 23.1 Å². The average molecular weight is 473 g/mol. The second-order valence-corrected chi connectivity index (χ2v) is 8.69. The fraction of sp³-hybridized carbons (Fsp3) is 0.250. The van der Waals surface area contributed by atoms with Gasteiger partial charge in [-0.3, -0.25) is 19.5 Å². The fourth-order valence-corrected chi connectivity index (χ4v) is 4.40. The van der Waals surface area contributed by atoms with Crippen molar-refractivity contribution in [3.05, 3.63) is 88.8 Å². The van der Waals surface area contributed by atoms with E-state index in [-0.39, 0.29) is 17.3 Å². The number of aromatic nitrogens is 1. The van der Waals surface area contributed by atoms with Crippen molar-refractivity contribution in [3.8, 4) is 11.5 Å². The molecule has 7 heteroatoms. The standard InChI is InChI=1S/C28H28N2O5/c1-16(2)20-15-21(17(3)13-23(20)35-5)26(31)24-25(22-11-6-7-12-29-22)30(28(33)27(24)32)18-9-8-10-19(14-18)34-4/h6-16,25,31H,1-5H3/b26-24+. The minimum absolute atomic E-state index is 0.0144. The van der Waals surface area contributed by atoms with Gasteiger partial charge in [-0.15, -0.1) is 0 Å². The quantitative estimate of drug-likeness (QED) is 0.303. The summed E-state index contributed by atoms with van der Waals surface area (Å²) in [6.07, 6.45) is 1.59. The summed E-state index contributed by atoms with van der Waals surface area (Å²) in [6.45, 7) is 5.87. The Balaban J connectivity index is 1.97. The number of anilines is 1. The van der Waals surface area contributed by atoms with Gasteiger partial charge in [0.05, 0.1) is 25.5 Å². The van der Waals surface area contributed by atoms with Crippen LogP contribution in [-0.4, -0.2) is 36.0 Å². The Morgan fingerprint density at radius 1 is 1.03 bits per heavy atom. The molecule has 1 aliphatic heterocycles. The Hall–Kier alpha value is -4.13. The maximum Gasteiger partial charge on any atom is 0.300 e. The molecule has 0 saturated carbocycles. The Kier molecular flexibility index (Phi) is 6.60. The van der Waals surface area contributed by atoms with Crippen molar-refractivity contribution in [2.75, 3.05) is 19.1 Å². The van der Waals surface area contributed by atoms with Crippen LogP contribution in [0.1, 0.15) is 48.2 Å². The van der Waals surface area contributed by atoms with Crippen molar-refractivity contribution in [1.82, 2.24) is 4.98 Å². The highest BCUT2D eigenvalue weighted by molar-refractivity contribution is 6.51. The molecular weight excluding hydrogens is 444 g/mol. The minimum atomic E-state index is -0.910. The number of hydrogen-bond donors (Lipinski definition) is 1. The second-order valence-electron chi connectivity index (χ2n) is 8.69. The number of amides is 1. The van der Waals surface area contributed by atoms with Crippen LogP contribution < -0.4 is 14.4 Å². The van der Waals surface area contributed by atoms with Crippen LogP contribution in [0.15, 0.2) is 66.4 Å². The fourth-order valence-electron chi connectivity index (χ4n) is 4.40. The molecule has 1 unspecified atom stereocenters. The maximum atomic E-state index is 13.4. The number of ether oxygens (including phenoxy) is 2. The second kappa shape index (κ2) is 9.62. The van der Waals surface area contributed by atoms with E-state index in [2.05, 4.69) is 4.98 Å². The number of rotatable bonds is 6. The molecule has 35 heavy (non-hydrogen) atoms. The van der Waals surface area contributed by atoms with E-state index >= 15 is 0 Å². The highest BCUT2D eigenvalue weighted by Crippen LogP contribution is 2.43. The van der Waals surface area contributed by atoms with E-state index in [4.69, 9.17) is 9.47 Å². The minimum Gasteiger partial charge on any atom is -0.507 e. The third-order valence-corrected chi connectivity index (χ3v) is 6.20. The molecule has 0 bridgehead atoms. The van der Waals surface area contributed by atoms with Gasteiger partial charge in [0.25, 0.3) is 11.7 Å². The van der Waals surface area contributed by atoms with Gasteiger partial charge in [0.2, 0.25) is 0 Å². The molecule has 1 fully saturated rings. The lowest BCUT2D eigenvalue weighted by atomic mass is 9.92. The summed E-state index contributed by atoms with van der Waals surface area (Å²) in [5.41, 5.74) is 2.99. The van der Waals surface area contributed by atoms with Gasteiger partial charge in [-0.2, -0.15) is 0 Å². The molecule has 1 aromatic heterocycles. The first-order valence-corrected chi connectivity index (χ1v) is 11.3. The van der Waals surface area contributed by atoms with Crippen molar-refractivity contribution in [2.24, 2.45) is 0 Å². The van der Waals surface area contributed by atoms with Gasteiger partial charge >= 0.3 is 0 Å². The molecule has 180 valence electrons. The summed E-state index contributed by atoms with van der Waals surface area (Å²) in [5.74, 6) is -0.411. The van der Waals surface area contributed by atoms with Crippen molar-refractivity contribution in [3.63, 3.8) is 0 Å². The van der Waals surface area contributed by atoms with Crippen LogP contribution in [0, 0.1) is 6.92 Å². The number of pyridine rings is 1. The molecule has 0 aliphatic carbocycles. The van der Waals surface area contributed by atoms with Gasteiger partial charge in [0.15, 0.2) is 0 Å². The number of aryl methyl sites for hydroxylation is 1. The predicted octanol–water partition coefficient (Wildman–Crippen LogP) is 5.16. The van der Waals surface area contributed by atoms with Crippen LogP contribution in [-0.2, 0) is 9.59 Å². The molecule has 1 N–H and O–H groups in total. The van der Waals surface area contributed by atoms with Gasteiger partial charge in [-0.1, -0.05) is 26.0 Å². The van der Waals surface area contributed by atoms with Crippen molar-refractivity contribution in [2.45, 2.75) is 32.7 Å². The molecular formula is C28H28N2O5. The van der Waals surface area contributed by atoms with E-state index in [9.17, 15) is 14.7 Å². The van der Waals surface area contributed by atoms with Gasteiger partial charge in [0, 0.05) is 23.5 Å². The monoisotopic (exact) mass is 472 g/mol. The highest BCUT2D eigenvalue weighted by atomic mass is 16.5. The van der Waals surface area contributed by atoms with Gasteiger partial charge in [0.1, 0.15) is 23.3 Å². The number of carbonyl (C=O) groups is 2. The molecule has 0 radical (unpaired) electrons. The van der Waals surface area contributed by atoms with Crippen LogP contribution in [0.5, 0.6) is 11.5 Å². The summed E-state index contributed by atoms with van der Waals surface area (Å²) >= 11 is 0. The Labute approximate surface area is 204 Å². The number of nitrogens with zero attached hydrogens (tertiary/aromatic N) is 2. The number of methoxy groups -OCH3 is 2. The number of benzene rings is 2. The number of carbonyl (C=O) groups excluding carboxylic acids is 2. The lowest BCUT2D eigenvalue weighted by Crippen LogP contribution is -2.29. The topological polar surface area (TPSA) is 89.0 Å². The van der Waals surface area contributed by atoms with Crippen LogP contribution >= 0.6 is 0 Å². The van der Waals surface area contributed by atoms with Crippen molar-refractivity contribution in [1.29, 1.82) is 0 Å².